The largest absolute Gasteiger partial charge is 0.454 e. The molecule has 0 bridgehead atoms. The molecule has 0 fully saturated rings. The van der Waals surface area contributed by atoms with Crippen molar-refractivity contribution in [2.75, 3.05) is 6.79 Å². The molecule has 0 saturated carbocycles. The van der Waals surface area contributed by atoms with Crippen LogP contribution in [-0.4, -0.2) is 6.79 Å². The molecule has 108 valence electrons. The third-order valence-electron chi connectivity index (χ3n) is 3.60. The number of hydrogen-bond acceptors (Lipinski definition) is 3. The summed E-state index contributed by atoms with van der Waals surface area (Å²) in [5, 5.41) is 3.58. The molecule has 0 aliphatic carbocycles. The average molecular weight is 281 g/mol. The van der Waals surface area contributed by atoms with Gasteiger partial charge in [0.05, 0.1) is 0 Å². The highest BCUT2D eigenvalue weighted by molar-refractivity contribution is 5.45. The number of fused-ring (bicyclic) bond motifs is 1. The van der Waals surface area contributed by atoms with Crippen LogP contribution in [0.2, 0.25) is 0 Å². The van der Waals surface area contributed by atoms with Gasteiger partial charge in [-0.1, -0.05) is 42.5 Å². The third-order valence-corrected chi connectivity index (χ3v) is 3.60. The summed E-state index contributed by atoms with van der Waals surface area (Å²) in [4.78, 5) is 0. The van der Waals surface area contributed by atoms with Gasteiger partial charge in [0.1, 0.15) is 0 Å². The smallest absolute Gasteiger partial charge is 0.231 e. The molecule has 0 aromatic heterocycles. The standard InChI is InChI=1S/C18H19NO2/c1-2-6-16(19-12-14-7-4-3-5-8-14)15-9-10-17-18(11-15)21-13-20-17/h2-5,7-11,16,19H,1,6,12-13H2. The van der Waals surface area contributed by atoms with E-state index in [1.165, 1.54) is 11.1 Å². The van der Waals surface area contributed by atoms with Gasteiger partial charge in [-0.05, 0) is 29.7 Å². The van der Waals surface area contributed by atoms with E-state index in [2.05, 4.69) is 48.3 Å². The maximum absolute atomic E-state index is 5.45. The predicted octanol–water partition coefficient (Wildman–Crippen LogP) is 3.82. The molecule has 1 N–H and O–H groups in total. The lowest BCUT2D eigenvalue weighted by molar-refractivity contribution is 0.174. The van der Waals surface area contributed by atoms with Crippen molar-refractivity contribution >= 4 is 0 Å². The maximum Gasteiger partial charge on any atom is 0.231 e. The van der Waals surface area contributed by atoms with Crippen molar-refractivity contribution in [3.8, 4) is 11.5 Å². The molecule has 1 aliphatic heterocycles. The van der Waals surface area contributed by atoms with Crippen LogP contribution in [0.15, 0.2) is 61.2 Å². The second-order valence-electron chi connectivity index (χ2n) is 5.06. The van der Waals surface area contributed by atoms with E-state index in [1.807, 2.05) is 18.2 Å². The van der Waals surface area contributed by atoms with E-state index in [0.717, 1.165) is 24.5 Å². The SMILES string of the molecule is C=CCC(NCc1ccccc1)c1ccc2c(c1)OCO2. The molecule has 1 heterocycles. The first-order valence-corrected chi connectivity index (χ1v) is 7.14. The zero-order valence-corrected chi connectivity index (χ0v) is 11.9. The van der Waals surface area contributed by atoms with Crippen LogP contribution in [0.5, 0.6) is 11.5 Å². The van der Waals surface area contributed by atoms with E-state index in [1.54, 1.807) is 0 Å². The Morgan fingerprint density at radius 3 is 2.71 bits per heavy atom. The molecule has 2 aromatic rings. The van der Waals surface area contributed by atoms with Crippen LogP contribution in [-0.2, 0) is 6.54 Å². The van der Waals surface area contributed by atoms with Gasteiger partial charge in [0.25, 0.3) is 0 Å². The van der Waals surface area contributed by atoms with Crippen LogP contribution >= 0.6 is 0 Å². The van der Waals surface area contributed by atoms with Crippen LogP contribution < -0.4 is 14.8 Å². The van der Waals surface area contributed by atoms with E-state index < -0.39 is 0 Å². The number of rotatable bonds is 6. The lowest BCUT2D eigenvalue weighted by Crippen LogP contribution is -2.20. The van der Waals surface area contributed by atoms with Crippen LogP contribution in [0.4, 0.5) is 0 Å². The van der Waals surface area contributed by atoms with Gasteiger partial charge in [-0.3, -0.25) is 0 Å². The Kier molecular flexibility index (Phi) is 4.22. The van der Waals surface area contributed by atoms with Crippen molar-refractivity contribution in [2.24, 2.45) is 0 Å². The quantitative estimate of drug-likeness (QED) is 0.816. The summed E-state index contributed by atoms with van der Waals surface area (Å²) in [7, 11) is 0. The fourth-order valence-corrected chi connectivity index (χ4v) is 2.47. The molecule has 1 unspecified atom stereocenters. The van der Waals surface area contributed by atoms with Gasteiger partial charge >= 0.3 is 0 Å². The molecule has 3 heteroatoms. The number of benzene rings is 2. The van der Waals surface area contributed by atoms with Crippen molar-refractivity contribution in [1.29, 1.82) is 0 Å². The molecule has 2 aromatic carbocycles. The predicted molar refractivity (Wildman–Crippen MR) is 83.4 cm³/mol. The molecule has 0 saturated heterocycles. The van der Waals surface area contributed by atoms with Crippen molar-refractivity contribution in [2.45, 2.75) is 19.0 Å². The Labute approximate surface area is 125 Å². The van der Waals surface area contributed by atoms with Gasteiger partial charge in [-0.15, -0.1) is 6.58 Å². The minimum atomic E-state index is 0.220. The fourth-order valence-electron chi connectivity index (χ4n) is 2.47. The average Bonchev–Trinajstić information content (AvgIpc) is 3.00. The van der Waals surface area contributed by atoms with Gasteiger partial charge < -0.3 is 14.8 Å². The first-order valence-electron chi connectivity index (χ1n) is 7.14. The molecule has 0 spiro atoms. The minimum absolute atomic E-state index is 0.220. The molecule has 0 amide bonds. The monoisotopic (exact) mass is 281 g/mol. The summed E-state index contributed by atoms with van der Waals surface area (Å²) in [5.74, 6) is 1.64. The Balaban J connectivity index is 1.73. The normalized spacial score (nSPS) is 13.9. The van der Waals surface area contributed by atoms with E-state index >= 15 is 0 Å². The van der Waals surface area contributed by atoms with Crippen LogP contribution in [0, 0.1) is 0 Å². The summed E-state index contributed by atoms with van der Waals surface area (Å²) in [6.07, 6.45) is 2.81. The van der Waals surface area contributed by atoms with Crippen LogP contribution in [0.1, 0.15) is 23.6 Å². The lowest BCUT2D eigenvalue weighted by Gasteiger charge is -2.18. The van der Waals surface area contributed by atoms with Gasteiger partial charge in [-0.25, -0.2) is 0 Å². The maximum atomic E-state index is 5.45. The first kappa shape index (κ1) is 13.7. The number of nitrogens with one attached hydrogen (secondary N) is 1. The highest BCUT2D eigenvalue weighted by Crippen LogP contribution is 2.34. The van der Waals surface area contributed by atoms with E-state index in [4.69, 9.17) is 9.47 Å². The molecule has 3 rings (SSSR count). The highest BCUT2D eigenvalue weighted by atomic mass is 16.7. The second-order valence-corrected chi connectivity index (χ2v) is 5.06. The topological polar surface area (TPSA) is 30.5 Å². The van der Waals surface area contributed by atoms with Crippen LogP contribution in [0.3, 0.4) is 0 Å². The molecule has 1 atom stereocenters. The van der Waals surface area contributed by atoms with Gasteiger partial charge in [0.2, 0.25) is 6.79 Å². The third kappa shape index (κ3) is 3.26. The van der Waals surface area contributed by atoms with E-state index in [9.17, 15) is 0 Å². The van der Waals surface area contributed by atoms with Gasteiger partial charge in [0.15, 0.2) is 11.5 Å². The summed E-state index contributed by atoms with van der Waals surface area (Å²) in [6.45, 7) is 4.99. The summed E-state index contributed by atoms with van der Waals surface area (Å²) in [6, 6.07) is 16.7. The molecular formula is C18H19NO2. The molecular weight excluding hydrogens is 262 g/mol. The van der Waals surface area contributed by atoms with E-state index in [-0.39, 0.29) is 6.04 Å². The Morgan fingerprint density at radius 2 is 1.90 bits per heavy atom. The van der Waals surface area contributed by atoms with Crippen LogP contribution in [0.25, 0.3) is 0 Å². The van der Waals surface area contributed by atoms with Crippen molar-refractivity contribution < 1.29 is 9.47 Å². The molecule has 3 nitrogen and oxygen atoms in total. The summed E-state index contributed by atoms with van der Waals surface area (Å²) >= 11 is 0. The summed E-state index contributed by atoms with van der Waals surface area (Å²) < 4.78 is 10.8. The van der Waals surface area contributed by atoms with Gasteiger partial charge in [-0.2, -0.15) is 0 Å². The minimum Gasteiger partial charge on any atom is -0.454 e. The van der Waals surface area contributed by atoms with Crippen molar-refractivity contribution in [3.63, 3.8) is 0 Å². The first-order chi connectivity index (χ1) is 10.4. The highest BCUT2D eigenvalue weighted by Gasteiger charge is 2.17. The van der Waals surface area contributed by atoms with E-state index in [0.29, 0.717) is 6.79 Å². The zero-order valence-electron chi connectivity index (χ0n) is 11.9. The van der Waals surface area contributed by atoms with Gasteiger partial charge in [0, 0.05) is 12.6 Å². The zero-order chi connectivity index (χ0) is 14.5. The molecule has 1 aliphatic rings. The van der Waals surface area contributed by atoms with Crippen molar-refractivity contribution in [1.82, 2.24) is 5.32 Å². The Hall–Kier alpha value is -2.26. The number of hydrogen-bond donors (Lipinski definition) is 1. The summed E-state index contributed by atoms with van der Waals surface area (Å²) in [5.41, 5.74) is 2.46. The molecule has 0 radical (unpaired) electrons. The second kappa shape index (κ2) is 6.46. The number of ether oxygens (including phenoxy) is 2. The van der Waals surface area contributed by atoms with Crippen molar-refractivity contribution in [3.05, 3.63) is 72.3 Å². The molecule has 21 heavy (non-hydrogen) atoms. The Bertz CT molecular complexity index is 610. The Morgan fingerprint density at radius 1 is 1.10 bits per heavy atom. The lowest BCUT2D eigenvalue weighted by atomic mass is 10.0. The fraction of sp³-hybridized carbons (Fsp3) is 0.222.